The summed E-state index contributed by atoms with van der Waals surface area (Å²) in [5, 5.41) is 2.87. The Bertz CT molecular complexity index is 136. The molecular weight excluding hydrogens is 139 g/mol. The SMILES string of the molecule is CNC(=O)OC1CN(F)C1. The molecule has 0 bridgehead atoms. The van der Waals surface area contributed by atoms with Crippen molar-refractivity contribution < 1.29 is 14.0 Å². The van der Waals surface area contributed by atoms with Crippen LogP contribution in [-0.2, 0) is 4.74 Å². The zero-order valence-electron chi connectivity index (χ0n) is 5.63. The monoisotopic (exact) mass is 148 g/mol. The van der Waals surface area contributed by atoms with Crippen molar-refractivity contribution in [1.82, 2.24) is 10.4 Å². The molecule has 1 rings (SSSR count). The normalized spacial score (nSPS) is 19.8. The first-order valence-electron chi connectivity index (χ1n) is 3.01. The summed E-state index contributed by atoms with van der Waals surface area (Å²) in [6, 6.07) is 0. The molecule has 0 atom stereocenters. The number of carbonyl (C=O) groups excluding carboxylic acids is 1. The number of rotatable bonds is 1. The van der Waals surface area contributed by atoms with Crippen LogP contribution in [0, 0.1) is 0 Å². The number of carbonyl (C=O) groups is 1. The zero-order chi connectivity index (χ0) is 7.56. The second-order valence-electron chi connectivity index (χ2n) is 2.11. The van der Waals surface area contributed by atoms with Gasteiger partial charge in [-0.3, -0.25) is 0 Å². The molecule has 4 nitrogen and oxygen atoms in total. The molecule has 5 heteroatoms. The quantitative estimate of drug-likeness (QED) is 0.528. The van der Waals surface area contributed by atoms with E-state index in [1.54, 1.807) is 0 Å². The molecule has 1 amide bonds. The highest BCUT2D eigenvalue weighted by Gasteiger charge is 2.29. The van der Waals surface area contributed by atoms with Crippen molar-refractivity contribution in [2.45, 2.75) is 6.10 Å². The predicted octanol–water partition coefficient (Wildman–Crippen LogP) is -0.0889. The van der Waals surface area contributed by atoms with E-state index in [1.165, 1.54) is 7.05 Å². The summed E-state index contributed by atoms with van der Waals surface area (Å²) in [5.74, 6) is 0. The first-order chi connectivity index (χ1) is 4.72. The largest absolute Gasteiger partial charge is 0.443 e. The lowest BCUT2D eigenvalue weighted by Gasteiger charge is -2.30. The van der Waals surface area contributed by atoms with Crippen LogP contribution in [0.15, 0.2) is 0 Å². The fourth-order valence-corrected chi connectivity index (χ4v) is 0.673. The Morgan fingerprint density at radius 2 is 2.40 bits per heavy atom. The Hall–Kier alpha value is -0.840. The molecule has 0 spiro atoms. The summed E-state index contributed by atoms with van der Waals surface area (Å²) in [6.07, 6.45) is -0.775. The van der Waals surface area contributed by atoms with Gasteiger partial charge in [0.15, 0.2) is 0 Å². The van der Waals surface area contributed by atoms with E-state index in [9.17, 15) is 9.28 Å². The van der Waals surface area contributed by atoms with E-state index in [0.29, 0.717) is 5.12 Å². The van der Waals surface area contributed by atoms with Crippen LogP contribution < -0.4 is 5.32 Å². The minimum atomic E-state index is -0.502. The summed E-state index contributed by atoms with van der Waals surface area (Å²) in [5.41, 5.74) is 0. The fourth-order valence-electron chi connectivity index (χ4n) is 0.673. The molecule has 10 heavy (non-hydrogen) atoms. The van der Waals surface area contributed by atoms with E-state index in [2.05, 4.69) is 10.1 Å². The zero-order valence-corrected chi connectivity index (χ0v) is 5.63. The van der Waals surface area contributed by atoms with Crippen LogP contribution in [0.25, 0.3) is 0 Å². The fraction of sp³-hybridized carbons (Fsp3) is 0.800. The maximum Gasteiger partial charge on any atom is 0.407 e. The second-order valence-corrected chi connectivity index (χ2v) is 2.11. The molecular formula is C5H9FN2O2. The van der Waals surface area contributed by atoms with Crippen molar-refractivity contribution in [2.24, 2.45) is 0 Å². The van der Waals surface area contributed by atoms with Gasteiger partial charge in [-0.2, -0.15) is 0 Å². The predicted molar refractivity (Wildman–Crippen MR) is 32.0 cm³/mol. The smallest absolute Gasteiger partial charge is 0.407 e. The Morgan fingerprint density at radius 1 is 1.80 bits per heavy atom. The highest BCUT2D eigenvalue weighted by Crippen LogP contribution is 2.10. The van der Waals surface area contributed by atoms with Crippen LogP contribution in [0.2, 0.25) is 0 Å². The Morgan fingerprint density at radius 3 is 2.80 bits per heavy atom. The summed E-state index contributed by atoms with van der Waals surface area (Å²) in [4.78, 5) is 10.4. The number of amides is 1. The number of alkyl carbamates (subject to hydrolysis) is 1. The number of ether oxygens (including phenoxy) is 1. The molecule has 1 fully saturated rings. The number of nitrogens with zero attached hydrogens (tertiary/aromatic N) is 1. The molecule has 0 aromatic rings. The van der Waals surface area contributed by atoms with Gasteiger partial charge in [0, 0.05) is 7.05 Å². The minimum Gasteiger partial charge on any atom is -0.443 e. The molecule has 0 saturated carbocycles. The molecule has 58 valence electrons. The van der Waals surface area contributed by atoms with E-state index in [0.717, 1.165) is 0 Å². The van der Waals surface area contributed by atoms with Crippen molar-refractivity contribution in [3.63, 3.8) is 0 Å². The van der Waals surface area contributed by atoms with Crippen molar-refractivity contribution in [2.75, 3.05) is 20.1 Å². The lowest BCUT2D eigenvalue weighted by atomic mass is 10.2. The Balaban J connectivity index is 2.10. The average molecular weight is 148 g/mol. The van der Waals surface area contributed by atoms with Crippen LogP contribution in [0.1, 0.15) is 0 Å². The van der Waals surface area contributed by atoms with Gasteiger partial charge < -0.3 is 10.1 Å². The molecule has 1 heterocycles. The van der Waals surface area contributed by atoms with Crippen LogP contribution in [0.5, 0.6) is 0 Å². The van der Waals surface area contributed by atoms with E-state index in [4.69, 9.17) is 0 Å². The van der Waals surface area contributed by atoms with E-state index < -0.39 is 6.09 Å². The van der Waals surface area contributed by atoms with Crippen molar-refractivity contribution >= 4 is 6.09 Å². The second kappa shape index (κ2) is 2.83. The molecule has 0 radical (unpaired) electrons. The summed E-state index contributed by atoms with van der Waals surface area (Å²) in [7, 11) is 1.47. The minimum absolute atomic E-state index is 0.188. The van der Waals surface area contributed by atoms with Gasteiger partial charge in [-0.25, -0.2) is 4.79 Å². The van der Waals surface area contributed by atoms with E-state index >= 15 is 0 Å². The Kier molecular flexibility index (Phi) is 2.06. The highest BCUT2D eigenvalue weighted by molar-refractivity contribution is 5.66. The third kappa shape index (κ3) is 1.57. The number of hydrogen-bond acceptors (Lipinski definition) is 3. The van der Waals surface area contributed by atoms with E-state index in [1.807, 2.05) is 0 Å². The van der Waals surface area contributed by atoms with Crippen LogP contribution in [0.4, 0.5) is 9.28 Å². The van der Waals surface area contributed by atoms with Crippen LogP contribution >= 0.6 is 0 Å². The first kappa shape index (κ1) is 7.27. The molecule has 0 unspecified atom stereocenters. The van der Waals surface area contributed by atoms with Gasteiger partial charge in [0.1, 0.15) is 6.10 Å². The van der Waals surface area contributed by atoms with Crippen LogP contribution in [0.3, 0.4) is 0 Å². The lowest BCUT2D eigenvalue weighted by Crippen LogP contribution is -2.49. The molecule has 0 aliphatic carbocycles. The molecule has 1 aliphatic rings. The molecule has 1 N–H and O–H groups in total. The van der Waals surface area contributed by atoms with Gasteiger partial charge in [-0.1, -0.05) is 0 Å². The summed E-state index contributed by atoms with van der Waals surface area (Å²) < 4.78 is 16.6. The van der Waals surface area contributed by atoms with Gasteiger partial charge in [0.2, 0.25) is 0 Å². The Labute approximate surface area is 57.9 Å². The van der Waals surface area contributed by atoms with Gasteiger partial charge in [0.25, 0.3) is 0 Å². The number of nitrogens with one attached hydrogen (secondary N) is 1. The van der Waals surface area contributed by atoms with E-state index in [-0.39, 0.29) is 19.2 Å². The van der Waals surface area contributed by atoms with Gasteiger partial charge >= 0.3 is 6.09 Å². The maximum absolute atomic E-state index is 11.9. The van der Waals surface area contributed by atoms with Crippen molar-refractivity contribution in [3.8, 4) is 0 Å². The van der Waals surface area contributed by atoms with Gasteiger partial charge in [0.05, 0.1) is 13.1 Å². The maximum atomic E-state index is 11.9. The highest BCUT2D eigenvalue weighted by atomic mass is 19.2. The number of halogens is 1. The van der Waals surface area contributed by atoms with Gasteiger partial charge in [-0.15, -0.1) is 9.60 Å². The number of hydrogen-bond donors (Lipinski definition) is 1. The molecule has 1 aliphatic heterocycles. The standard InChI is InChI=1S/C5H9FN2O2/c1-7-5(9)10-4-2-8(6)3-4/h4H,2-3H2,1H3,(H,7,9). The lowest BCUT2D eigenvalue weighted by molar-refractivity contribution is -0.119. The summed E-state index contributed by atoms with van der Waals surface area (Å²) in [6.45, 7) is 0.376. The molecule has 1 saturated heterocycles. The topological polar surface area (TPSA) is 41.6 Å². The first-order valence-corrected chi connectivity index (χ1v) is 3.01. The third-order valence-corrected chi connectivity index (χ3v) is 1.28. The van der Waals surface area contributed by atoms with Gasteiger partial charge in [-0.05, 0) is 0 Å². The van der Waals surface area contributed by atoms with Crippen LogP contribution in [-0.4, -0.2) is 37.5 Å². The average Bonchev–Trinajstić information content (AvgIpc) is 1.84. The van der Waals surface area contributed by atoms with Crippen molar-refractivity contribution in [1.29, 1.82) is 0 Å². The third-order valence-electron chi connectivity index (χ3n) is 1.28. The molecule has 0 aromatic carbocycles. The summed E-state index contributed by atoms with van der Waals surface area (Å²) >= 11 is 0. The van der Waals surface area contributed by atoms with Crippen molar-refractivity contribution in [3.05, 3.63) is 0 Å². The molecule has 0 aromatic heterocycles.